The molecular weight excluding hydrogens is 777 g/mol. The van der Waals surface area contributed by atoms with Crippen molar-refractivity contribution < 1.29 is 57.9 Å². The van der Waals surface area contributed by atoms with Gasteiger partial charge in [-0.2, -0.15) is 5.10 Å². The Morgan fingerprint density at radius 2 is 1.73 bits per heavy atom. The molecule has 0 saturated carbocycles. The van der Waals surface area contributed by atoms with Crippen molar-refractivity contribution >= 4 is 29.5 Å². The number of ether oxygens (including phenoxy) is 5. The van der Waals surface area contributed by atoms with Crippen LogP contribution in [0.5, 0.6) is 17.5 Å². The third-order valence-corrected chi connectivity index (χ3v) is 10.6. The van der Waals surface area contributed by atoms with Crippen LogP contribution in [0.4, 0.5) is 0 Å². The highest BCUT2D eigenvalue weighted by Crippen LogP contribution is 2.43. The van der Waals surface area contributed by atoms with Crippen molar-refractivity contribution in [2.24, 2.45) is 11.0 Å². The highest BCUT2D eigenvalue weighted by atomic mass is 16.7. The molecular formula is C44H58N4O12. The molecule has 5 rings (SSSR count). The minimum atomic E-state index is -0.635. The normalized spacial score (nSPS) is 26.2. The van der Waals surface area contributed by atoms with Gasteiger partial charge < -0.3 is 44.1 Å². The smallest absolute Gasteiger partial charge is 0.333 e. The van der Waals surface area contributed by atoms with Crippen LogP contribution in [0.3, 0.4) is 0 Å². The molecule has 8 atom stereocenters. The lowest BCUT2D eigenvalue weighted by Gasteiger charge is -2.39. The maximum absolute atomic E-state index is 13.0. The Hall–Kier alpha value is -5.45. The molecule has 3 aliphatic rings. The fraction of sp³-hybridized carbons (Fsp3) is 0.523. The van der Waals surface area contributed by atoms with E-state index in [1.165, 1.54) is 25.1 Å². The summed E-state index contributed by atoms with van der Waals surface area (Å²) in [5.41, 5.74) is 4.84. The fourth-order valence-electron chi connectivity index (χ4n) is 7.18. The molecule has 3 aliphatic heterocycles. The van der Waals surface area contributed by atoms with Gasteiger partial charge in [-0.15, -0.1) is 4.73 Å². The average molecular weight is 835 g/mol. The van der Waals surface area contributed by atoms with Crippen molar-refractivity contribution in [3.63, 3.8) is 0 Å². The van der Waals surface area contributed by atoms with Gasteiger partial charge in [0.2, 0.25) is 23.6 Å². The molecule has 4 N–H and O–H groups in total. The highest BCUT2D eigenvalue weighted by molar-refractivity contribution is 5.99. The monoisotopic (exact) mass is 834 g/mol. The van der Waals surface area contributed by atoms with Crippen LogP contribution < -0.4 is 20.3 Å². The first kappa shape index (κ1) is 45.6. The van der Waals surface area contributed by atoms with Crippen molar-refractivity contribution in [3.05, 3.63) is 77.9 Å². The molecule has 1 aromatic heterocycles. The maximum atomic E-state index is 13.0. The first-order chi connectivity index (χ1) is 28.6. The number of esters is 1. The number of allylic oxidation sites excluding steroid dienone is 2. The lowest BCUT2D eigenvalue weighted by molar-refractivity contribution is -0.146. The molecule has 326 valence electrons. The lowest BCUT2D eigenvalue weighted by atomic mass is 9.88. The number of rotatable bonds is 18. The Morgan fingerprint density at radius 3 is 2.42 bits per heavy atom. The van der Waals surface area contributed by atoms with Crippen molar-refractivity contribution in [2.75, 3.05) is 13.2 Å². The molecule has 4 heterocycles. The van der Waals surface area contributed by atoms with E-state index in [1.807, 2.05) is 38.1 Å². The number of hydrogen-bond donors (Lipinski definition) is 4. The van der Waals surface area contributed by atoms with E-state index < -0.39 is 18.0 Å². The van der Waals surface area contributed by atoms with Crippen molar-refractivity contribution in [1.29, 1.82) is 0 Å². The number of epoxide rings is 1. The van der Waals surface area contributed by atoms with Crippen LogP contribution in [0.15, 0.2) is 77.5 Å². The van der Waals surface area contributed by atoms with Gasteiger partial charge in [0.05, 0.1) is 67.8 Å². The second-order valence-corrected chi connectivity index (χ2v) is 15.8. The standard InChI is InChI=1S/C44H58N4O12/c1-27(10-17-38-28(2)22-37(31(5)58-38)45-39(50)18-11-29(3)57-32(6)49)9-14-35-24-44(26-56-44)25-36(59-35)23-40(51)47-46-30(4)33-12-15-34(16-13-33)55-21-7-8-43(54)60-48-41(52)19-20-42(48)53/h9-16,18-20,28-29,31,35-38,52-53H,7-8,17,21-26H2,1-6H3,(H,45,50)(H,47,51). The Bertz CT molecular complexity index is 1910. The van der Waals surface area contributed by atoms with E-state index >= 15 is 0 Å². The SMILES string of the molecule is CC(=O)OC(C)C=CC(=O)NC1CC(C)C(CC=C(C)C=CC2CC3(CO3)CC(CC(=O)NN=C(C)c3ccc(OCCCC(=O)On4c(O)ccc4O)cc3)O2)OC1C. The van der Waals surface area contributed by atoms with E-state index in [-0.39, 0.29) is 85.0 Å². The van der Waals surface area contributed by atoms with Gasteiger partial charge in [0, 0.05) is 38.0 Å². The van der Waals surface area contributed by atoms with Crippen LogP contribution >= 0.6 is 0 Å². The Morgan fingerprint density at radius 1 is 1.02 bits per heavy atom. The number of amides is 2. The van der Waals surface area contributed by atoms with Crippen LogP contribution in [0.1, 0.15) is 92.1 Å². The molecule has 60 heavy (non-hydrogen) atoms. The molecule has 16 heteroatoms. The number of benzene rings is 1. The second kappa shape index (κ2) is 21.2. The molecule has 0 radical (unpaired) electrons. The molecule has 2 aromatic rings. The number of nitrogens with zero attached hydrogens (tertiary/aromatic N) is 2. The van der Waals surface area contributed by atoms with Gasteiger partial charge in [-0.3, -0.25) is 14.4 Å². The zero-order valence-corrected chi connectivity index (χ0v) is 35.1. The summed E-state index contributed by atoms with van der Waals surface area (Å²) in [6.45, 7) is 11.8. The summed E-state index contributed by atoms with van der Waals surface area (Å²) in [6.07, 6.45) is 11.3. The van der Waals surface area contributed by atoms with Gasteiger partial charge in [0.25, 0.3) is 0 Å². The van der Waals surface area contributed by atoms with E-state index in [0.717, 1.165) is 30.4 Å². The summed E-state index contributed by atoms with van der Waals surface area (Å²) in [7, 11) is 0. The fourth-order valence-corrected chi connectivity index (χ4v) is 7.18. The van der Waals surface area contributed by atoms with Crippen LogP contribution in [-0.2, 0) is 38.1 Å². The molecule has 0 aliphatic carbocycles. The molecule has 2 amide bonds. The van der Waals surface area contributed by atoms with Crippen LogP contribution in [-0.4, -0.2) is 99.8 Å². The minimum absolute atomic E-state index is 0.00110. The van der Waals surface area contributed by atoms with Gasteiger partial charge >= 0.3 is 11.9 Å². The number of aromatic nitrogens is 1. The van der Waals surface area contributed by atoms with Gasteiger partial charge in [0.15, 0.2) is 0 Å². The second-order valence-electron chi connectivity index (χ2n) is 15.8. The minimum Gasteiger partial charge on any atom is -0.494 e. The highest BCUT2D eigenvalue weighted by Gasteiger charge is 2.51. The predicted molar refractivity (Wildman–Crippen MR) is 220 cm³/mol. The van der Waals surface area contributed by atoms with Crippen LogP contribution in [0.2, 0.25) is 0 Å². The summed E-state index contributed by atoms with van der Waals surface area (Å²) in [4.78, 5) is 53.5. The number of hydrogen-bond acceptors (Lipinski definition) is 13. The van der Waals surface area contributed by atoms with E-state index in [4.69, 9.17) is 28.5 Å². The predicted octanol–water partition coefficient (Wildman–Crippen LogP) is 4.96. The number of aromatic hydroxyl groups is 2. The van der Waals surface area contributed by atoms with E-state index in [9.17, 15) is 29.4 Å². The quantitative estimate of drug-likeness (QED) is 0.0299. The van der Waals surface area contributed by atoms with Crippen molar-refractivity contribution in [1.82, 2.24) is 15.5 Å². The summed E-state index contributed by atoms with van der Waals surface area (Å²) < 4.78 is 29.9. The molecule has 1 aromatic carbocycles. The first-order valence-corrected chi connectivity index (χ1v) is 20.4. The summed E-state index contributed by atoms with van der Waals surface area (Å²) in [5.74, 6) is -1.52. The number of carbonyl (C=O) groups excluding carboxylic acids is 4. The maximum Gasteiger partial charge on any atom is 0.333 e. The number of nitrogens with one attached hydrogen (secondary N) is 2. The van der Waals surface area contributed by atoms with Gasteiger partial charge in [-0.25, -0.2) is 10.2 Å². The molecule has 8 unspecified atom stereocenters. The van der Waals surface area contributed by atoms with Crippen molar-refractivity contribution in [3.8, 4) is 17.5 Å². The first-order valence-electron chi connectivity index (χ1n) is 20.4. The van der Waals surface area contributed by atoms with Crippen LogP contribution in [0, 0.1) is 5.92 Å². The van der Waals surface area contributed by atoms with Crippen molar-refractivity contribution in [2.45, 2.75) is 129 Å². The molecule has 3 fully saturated rings. The Balaban J connectivity index is 1.02. The Labute approximate surface area is 350 Å². The molecule has 16 nitrogen and oxygen atoms in total. The lowest BCUT2D eigenvalue weighted by Crippen LogP contribution is -2.50. The topological polar surface area (TPSA) is 209 Å². The Kier molecular flexibility index (Phi) is 16.1. The molecule has 1 spiro atoms. The van der Waals surface area contributed by atoms with E-state index in [0.29, 0.717) is 35.6 Å². The van der Waals surface area contributed by atoms with E-state index in [1.54, 1.807) is 32.1 Å². The molecule has 0 bridgehead atoms. The number of hydrazone groups is 1. The average Bonchev–Trinajstić information content (AvgIpc) is 3.87. The van der Waals surface area contributed by atoms with Gasteiger partial charge in [-0.1, -0.05) is 30.7 Å². The van der Waals surface area contributed by atoms with E-state index in [2.05, 4.69) is 28.8 Å². The third-order valence-electron chi connectivity index (χ3n) is 10.6. The summed E-state index contributed by atoms with van der Waals surface area (Å²) >= 11 is 0. The zero-order chi connectivity index (χ0) is 43.4. The summed E-state index contributed by atoms with van der Waals surface area (Å²) in [6, 6.07) is 9.44. The summed E-state index contributed by atoms with van der Waals surface area (Å²) in [5, 5.41) is 26.5. The zero-order valence-electron chi connectivity index (χ0n) is 35.1. The largest absolute Gasteiger partial charge is 0.494 e. The third kappa shape index (κ3) is 14.1. The van der Waals surface area contributed by atoms with Crippen LogP contribution in [0.25, 0.3) is 0 Å². The van der Waals surface area contributed by atoms with Gasteiger partial charge in [0.1, 0.15) is 11.9 Å². The van der Waals surface area contributed by atoms with Gasteiger partial charge in [-0.05, 0) is 88.8 Å². The molecule has 3 saturated heterocycles. The number of carbonyl (C=O) groups is 4.